The third-order valence-corrected chi connectivity index (χ3v) is 4.21. The Morgan fingerprint density at radius 3 is 2.54 bits per heavy atom. The molecule has 0 aliphatic carbocycles. The predicted octanol–water partition coefficient (Wildman–Crippen LogP) is 1.56. The third-order valence-electron chi connectivity index (χ3n) is 4.21. The topological polar surface area (TPSA) is 100.0 Å². The Bertz CT molecular complexity index is 1060. The number of fused-ring (bicyclic) bond motifs is 1. The van der Waals surface area contributed by atoms with Crippen LogP contribution in [0.3, 0.4) is 0 Å². The number of nitrogens with zero attached hydrogens (tertiary/aromatic N) is 3. The fourth-order valence-corrected chi connectivity index (χ4v) is 2.88. The molecule has 0 radical (unpaired) electrons. The fourth-order valence-electron chi connectivity index (χ4n) is 2.88. The molecule has 2 N–H and O–H groups in total. The van der Waals surface area contributed by atoms with E-state index in [4.69, 9.17) is 5.73 Å². The molecular weight excluding hydrogens is 332 g/mol. The molecule has 0 spiro atoms. The Hall–Kier alpha value is -3.22. The second-order valence-electron chi connectivity index (χ2n) is 6.25. The number of nitrogen functional groups attached to an aromatic ring is 1. The van der Waals surface area contributed by atoms with E-state index in [0.29, 0.717) is 29.6 Å². The molecule has 0 amide bonds. The Morgan fingerprint density at radius 1 is 1.12 bits per heavy atom. The molecule has 0 aliphatic heterocycles. The molecule has 134 valence electrons. The van der Waals surface area contributed by atoms with Crippen LogP contribution in [0.1, 0.15) is 25.3 Å². The van der Waals surface area contributed by atoms with Gasteiger partial charge in [0.2, 0.25) is 0 Å². The minimum atomic E-state index is -0.429. The maximum Gasteiger partial charge on any atom is 0.332 e. The molecule has 0 atom stereocenters. The van der Waals surface area contributed by atoms with E-state index in [1.807, 2.05) is 12.1 Å². The molecule has 0 saturated carbocycles. The number of rotatable bonds is 6. The number of nitrogens with two attached hydrogens (primary N) is 1. The molecule has 26 heavy (non-hydrogen) atoms. The third kappa shape index (κ3) is 3.56. The highest BCUT2D eigenvalue weighted by Gasteiger charge is 2.14. The van der Waals surface area contributed by atoms with Crippen molar-refractivity contribution in [3.8, 4) is 0 Å². The summed E-state index contributed by atoms with van der Waals surface area (Å²) in [6.07, 6.45) is 2.33. The maximum absolute atomic E-state index is 12.9. The first-order valence-corrected chi connectivity index (χ1v) is 8.39. The van der Waals surface area contributed by atoms with Crippen molar-refractivity contribution in [1.82, 2.24) is 14.1 Å². The van der Waals surface area contributed by atoms with Crippen LogP contribution < -0.4 is 17.0 Å². The lowest BCUT2D eigenvalue weighted by atomic mass is 10.2. The number of benzene rings is 1. The second-order valence-corrected chi connectivity index (χ2v) is 6.25. The Morgan fingerprint density at radius 2 is 1.85 bits per heavy atom. The highest BCUT2D eigenvalue weighted by atomic mass is 16.2. The molecule has 2 aromatic heterocycles. The smallest absolute Gasteiger partial charge is 0.332 e. The minimum absolute atomic E-state index is 0.0303. The average molecular weight is 352 g/mol. The zero-order valence-corrected chi connectivity index (χ0v) is 14.5. The van der Waals surface area contributed by atoms with Gasteiger partial charge in [-0.15, -0.1) is 0 Å². The first-order chi connectivity index (χ1) is 12.5. The van der Waals surface area contributed by atoms with Crippen LogP contribution in [0.2, 0.25) is 0 Å². The molecular formula is C19H20N4O3. The van der Waals surface area contributed by atoms with E-state index in [1.54, 1.807) is 30.5 Å². The first kappa shape index (κ1) is 17.6. The number of Topliss-reactive ketones (excluding diaryl/α,β-unsaturated/α-hetero) is 1. The zero-order chi connectivity index (χ0) is 18.7. The largest absolute Gasteiger partial charge is 0.399 e. The average Bonchev–Trinajstić information content (AvgIpc) is 2.63. The molecule has 7 nitrogen and oxygen atoms in total. The normalized spacial score (nSPS) is 11.0. The van der Waals surface area contributed by atoms with Crippen molar-refractivity contribution in [2.24, 2.45) is 0 Å². The van der Waals surface area contributed by atoms with Gasteiger partial charge in [0.1, 0.15) is 11.4 Å². The van der Waals surface area contributed by atoms with Gasteiger partial charge in [-0.2, -0.15) is 0 Å². The van der Waals surface area contributed by atoms with E-state index in [0.717, 1.165) is 5.56 Å². The summed E-state index contributed by atoms with van der Waals surface area (Å²) in [5, 5.41) is 0.380. The van der Waals surface area contributed by atoms with Gasteiger partial charge in [0, 0.05) is 24.8 Å². The van der Waals surface area contributed by atoms with E-state index in [-0.39, 0.29) is 24.4 Å². The molecule has 0 fully saturated rings. The molecule has 7 heteroatoms. The fraction of sp³-hybridized carbons (Fsp3) is 0.263. The summed E-state index contributed by atoms with van der Waals surface area (Å²) in [7, 11) is 0. The van der Waals surface area contributed by atoms with Crippen molar-refractivity contribution in [2.45, 2.75) is 32.9 Å². The van der Waals surface area contributed by atoms with Crippen LogP contribution in [0.15, 0.2) is 52.2 Å². The number of aromatic nitrogens is 3. The quantitative estimate of drug-likeness (QED) is 0.679. The Labute approximate surface area is 149 Å². The lowest BCUT2D eigenvalue weighted by Crippen LogP contribution is -2.40. The summed E-state index contributed by atoms with van der Waals surface area (Å²) < 4.78 is 2.67. The maximum atomic E-state index is 12.9. The summed E-state index contributed by atoms with van der Waals surface area (Å²) in [4.78, 5) is 41.0. The van der Waals surface area contributed by atoms with Crippen molar-refractivity contribution in [3.05, 3.63) is 69.0 Å². The SMILES string of the molecule is CC(=O)CCCn1c(=O)c2cccnc2n(Cc2ccc(N)cc2)c1=O. The van der Waals surface area contributed by atoms with Gasteiger partial charge < -0.3 is 10.5 Å². The van der Waals surface area contributed by atoms with Crippen LogP contribution >= 0.6 is 0 Å². The molecule has 0 unspecified atom stereocenters. The Balaban J connectivity index is 2.11. The minimum Gasteiger partial charge on any atom is -0.399 e. The second kappa shape index (κ2) is 7.35. The van der Waals surface area contributed by atoms with E-state index in [9.17, 15) is 14.4 Å². The van der Waals surface area contributed by atoms with Gasteiger partial charge in [-0.05, 0) is 43.2 Å². The number of pyridine rings is 1. The van der Waals surface area contributed by atoms with Gasteiger partial charge in [0.15, 0.2) is 0 Å². The lowest BCUT2D eigenvalue weighted by Gasteiger charge is -2.13. The van der Waals surface area contributed by atoms with Gasteiger partial charge in [0.05, 0.1) is 11.9 Å². The molecule has 0 aliphatic rings. The van der Waals surface area contributed by atoms with Crippen molar-refractivity contribution >= 4 is 22.5 Å². The molecule has 0 saturated heterocycles. The summed E-state index contributed by atoms with van der Waals surface area (Å²) in [6, 6.07) is 10.5. The van der Waals surface area contributed by atoms with Crippen LogP contribution in [-0.2, 0) is 17.9 Å². The van der Waals surface area contributed by atoms with Gasteiger partial charge >= 0.3 is 5.69 Å². The van der Waals surface area contributed by atoms with Crippen LogP contribution in [0.5, 0.6) is 0 Å². The summed E-state index contributed by atoms with van der Waals surface area (Å²) in [5.74, 6) is 0.0303. The monoisotopic (exact) mass is 352 g/mol. The highest BCUT2D eigenvalue weighted by Crippen LogP contribution is 2.10. The summed E-state index contributed by atoms with van der Waals surface area (Å²) in [5.41, 5.74) is 6.76. The Kier molecular flexibility index (Phi) is 4.97. The van der Waals surface area contributed by atoms with Crippen molar-refractivity contribution < 1.29 is 4.79 Å². The molecule has 1 aromatic carbocycles. The molecule has 0 bridgehead atoms. The van der Waals surface area contributed by atoms with Crippen LogP contribution in [0.4, 0.5) is 5.69 Å². The van der Waals surface area contributed by atoms with Crippen LogP contribution in [-0.4, -0.2) is 19.9 Å². The number of carbonyl (C=O) groups excluding carboxylic acids is 1. The number of carbonyl (C=O) groups is 1. The van der Waals surface area contributed by atoms with Crippen LogP contribution in [0.25, 0.3) is 11.0 Å². The van der Waals surface area contributed by atoms with Gasteiger partial charge in [-0.1, -0.05) is 12.1 Å². The van der Waals surface area contributed by atoms with E-state index in [1.165, 1.54) is 16.1 Å². The van der Waals surface area contributed by atoms with Crippen molar-refractivity contribution in [3.63, 3.8) is 0 Å². The standard InChI is InChI=1S/C19H20N4O3/c1-13(24)4-3-11-22-18(25)16-5-2-10-21-17(16)23(19(22)26)12-14-6-8-15(20)9-7-14/h2,5-10H,3-4,11-12,20H2,1H3. The highest BCUT2D eigenvalue weighted by molar-refractivity contribution is 5.75. The van der Waals surface area contributed by atoms with E-state index >= 15 is 0 Å². The van der Waals surface area contributed by atoms with Crippen molar-refractivity contribution in [1.29, 1.82) is 0 Å². The van der Waals surface area contributed by atoms with Crippen molar-refractivity contribution in [2.75, 3.05) is 5.73 Å². The van der Waals surface area contributed by atoms with Crippen LogP contribution in [0, 0.1) is 0 Å². The summed E-state index contributed by atoms with van der Waals surface area (Å²) in [6.45, 7) is 1.97. The first-order valence-electron chi connectivity index (χ1n) is 8.39. The number of hydrogen-bond donors (Lipinski definition) is 1. The van der Waals surface area contributed by atoms with E-state index < -0.39 is 5.69 Å². The number of anilines is 1. The van der Waals surface area contributed by atoms with E-state index in [2.05, 4.69) is 4.98 Å². The molecule has 3 rings (SSSR count). The predicted molar refractivity (Wildman–Crippen MR) is 100 cm³/mol. The summed E-state index contributed by atoms with van der Waals surface area (Å²) >= 11 is 0. The zero-order valence-electron chi connectivity index (χ0n) is 14.5. The van der Waals surface area contributed by atoms with Gasteiger partial charge in [-0.25, -0.2) is 9.78 Å². The van der Waals surface area contributed by atoms with Gasteiger partial charge in [-0.3, -0.25) is 13.9 Å². The number of hydrogen-bond acceptors (Lipinski definition) is 5. The number of ketones is 1. The molecule has 3 aromatic rings. The lowest BCUT2D eigenvalue weighted by molar-refractivity contribution is -0.117. The van der Waals surface area contributed by atoms with Gasteiger partial charge in [0.25, 0.3) is 5.56 Å². The molecule has 2 heterocycles.